The lowest BCUT2D eigenvalue weighted by atomic mass is 9.75. The fraction of sp³-hybridized carbons (Fsp3) is 0.316. The van der Waals surface area contributed by atoms with Crippen molar-refractivity contribution in [1.82, 2.24) is 4.98 Å². The molecule has 2 saturated heterocycles. The van der Waals surface area contributed by atoms with Gasteiger partial charge in [0.1, 0.15) is 6.07 Å². The Labute approximate surface area is 150 Å². The summed E-state index contributed by atoms with van der Waals surface area (Å²) in [4.78, 5) is 17.0. The van der Waals surface area contributed by atoms with Crippen LogP contribution in [0, 0.1) is 17.2 Å². The van der Waals surface area contributed by atoms with E-state index in [1.165, 1.54) is 0 Å². The number of aromatic nitrogens is 1. The normalized spacial score (nSPS) is 27.0. The van der Waals surface area contributed by atoms with E-state index in [0.29, 0.717) is 16.3 Å². The molecule has 0 saturated carbocycles. The zero-order valence-electron chi connectivity index (χ0n) is 13.4. The number of benzene rings is 1. The third-order valence-corrected chi connectivity index (χ3v) is 5.26. The zero-order chi connectivity index (χ0) is 17.4. The third-order valence-electron chi connectivity index (χ3n) is 5.03. The van der Waals surface area contributed by atoms with Crippen LogP contribution in [-0.2, 0) is 9.53 Å². The van der Waals surface area contributed by atoms with E-state index in [1.54, 1.807) is 30.6 Å². The van der Waals surface area contributed by atoms with E-state index in [-0.39, 0.29) is 30.0 Å². The standard InChI is InChI=1S/C19H16ClN3O2/c20-13-1-2-14(12(9-13)10-21)23-19(24)18-16-4-3-15(25-16)17(18)11-5-7-22-8-6-11/h1-2,5-9,15-18H,3-4H2,(H,23,24)/t15-,16+,17+,18+/m0/s1. The van der Waals surface area contributed by atoms with E-state index in [2.05, 4.69) is 16.4 Å². The van der Waals surface area contributed by atoms with Gasteiger partial charge in [0.15, 0.2) is 0 Å². The first-order valence-corrected chi connectivity index (χ1v) is 8.61. The molecule has 2 aliphatic heterocycles. The van der Waals surface area contributed by atoms with Crippen LogP contribution in [0.5, 0.6) is 0 Å². The van der Waals surface area contributed by atoms with Crippen molar-refractivity contribution in [2.24, 2.45) is 5.92 Å². The van der Waals surface area contributed by atoms with Crippen molar-refractivity contribution in [2.45, 2.75) is 31.0 Å². The highest BCUT2D eigenvalue weighted by molar-refractivity contribution is 6.30. The number of pyridine rings is 1. The number of nitriles is 1. The highest BCUT2D eigenvalue weighted by Gasteiger charge is 2.52. The molecule has 5 nitrogen and oxygen atoms in total. The molecule has 1 N–H and O–H groups in total. The Morgan fingerprint density at radius 3 is 2.76 bits per heavy atom. The third kappa shape index (κ3) is 2.88. The van der Waals surface area contributed by atoms with Crippen molar-refractivity contribution in [2.75, 3.05) is 5.32 Å². The van der Waals surface area contributed by atoms with Crippen molar-refractivity contribution in [3.8, 4) is 6.07 Å². The molecule has 4 atom stereocenters. The number of amides is 1. The average molecular weight is 354 g/mol. The number of carbonyl (C=O) groups is 1. The van der Waals surface area contributed by atoms with Crippen LogP contribution >= 0.6 is 11.6 Å². The van der Waals surface area contributed by atoms with Crippen molar-refractivity contribution in [1.29, 1.82) is 5.26 Å². The second kappa shape index (κ2) is 6.47. The van der Waals surface area contributed by atoms with Gasteiger partial charge in [-0.1, -0.05) is 11.6 Å². The molecule has 2 aliphatic rings. The molecule has 2 bridgehead atoms. The summed E-state index contributed by atoms with van der Waals surface area (Å²) >= 11 is 5.92. The highest BCUT2D eigenvalue weighted by atomic mass is 35.5. The molecule has 25 heavy (non-hydrogen) atoms. The predicted octanol–water partition coefficient (Wildman–Crippen LogP) is 3.51. The SMILES string of the molecule is N#Cc1cc(Cl)ccc1NC(=O)[C@H]1[C@H](c2ccncc2)[C@@H]2CC[C@H]1O2. The first kappa shape index (κ1) is 16.1. The summed E-state index contributed by atoms with van der Waals surface area (Å²) in [5.74, 6) is -0.379. The Bertz CT molecular complexity index is 849. The van der Waals surface area contributed by atoms with E-state index >= 15 is 0 Å². The summed E-state index contributed by atoms with van der Waals surface area (Å²) in [6, 6.07) is 10.8. The lowest BCUT2D eigenvalue weighted by Crippen LogP contribution is -2.36. The van der Waals surface area contributed by atoms with Crippen molar-refractivity contribution < 1.29 is 9.53 Å². The maximum atomic E-state index is 13.0. The van der Waals surface area contributed by atoms with Crippen LogP contribution < -0.4 is 5.32 Å². The summed E-state index contributed by atoms with van der Waals surface area (Å²) < 4.78 is 6.02. The van der Waals surface area contributed by atoms with Gasteiger partial charge in [0.25, 0.3) is 0 Å². The van der Waals surface area contributed by atoms with E-state index in [9.17, 15) is 10.1 Å². The van der Waals surface area contributed by atoms with Crippen molar-refractivity contribution in [3.63, 3.8) is 0 Å². The van der Waals surface area contributed by atoms with Gasteiger partial charge in [0, 0.05) is 23.3 Å². The lowest BCUT2D eigenvalue weighted by Gasteiger charge is -2.27. The average Bonchev–Trinajstić information content (AvgIpc) is 3.25. The second-order valence-corrected chi connectivity index (χ2v) is 6.85. The fourth-order valence-corrected chi connectivity index (χ4v) is 4.13. The second-order valence-electron chi connectivity index (χ2n) is 6.41. The van der Waals surface area contributed by atoms with Crippen molar-refractivity contribution in [3.05, 3.63) is 58.9 Å². The number of fused-ring (bicyclic) bond motifs is 2. The van der Waals surface area contributed by atoms with Crippen LogP contribution in [0.2, 0.25) is 5.02 Å². The van der Waals surface area contributed by atoms with Gasteiger partial charge in [-0.15, -0.1) is 0 Å². The van der Waals surface area contributed by atoms with Crippen LogP contribution in [0.25, 0.3) is 0 Å². The molecule has 1 aromatic heterocycles. The van der Waals surface area contributed by atoms with Gasteiger partial charge in [0.2, 0.25) is 5.91 Å². The predicted molar refractivity (Wildman–Crippen MR) is 93.2 cm³/mol. The molecular weight excluding hydrogens is 338 g/mol. The number of halogens is 1. The monoisotopic (exact) mass is 353 g/mol. The quantitative estimate of drug-likeness (QED) is 0.916. The Morgan fingerprint density at radius 2 is 2.00 bits per heavy atom. The molecule has 0 aliphatic carbocycles. The molecule has 4 rings (SSSR count). The molecule has 0 unspecified atom stereocenters. The molecule has 0 spiro atoms. The number of carbonyl (C=O) groups excluding carboxylic acids is 1. The smallest absolute Gasteiger partial charge is 0.230 e. The molecule has 0 radical (unpaired) electrons. The molecule has 2 fully saturated rings. The molecule has 3 heterocycles. The van der Waals surface area contributed by atoms with Gasteiger partial charge in [-0.25, -0.2) is 0 Å². The van der Waals surface area contributed by atoms with Gasteiger partial charge in [-0.05, 0) is 48.7 Å². The first-order valence-electron chi connectivity index (χ1n) is 8.23. The number of anilines is 1. The number of hydrogen-bond acceptors (Lipinski definition) is 4. The number of rotatable bonds is 3. The van der Waals surface area contributed by atoms with Crippen LogP contribution in [0.15, 0.2) is 42.7 Å². The molecule has 126 valence electrons. The molecular formula is C19H16ClN3O2. The van der Waals surface area contributed by atoms with E-state index in [0.717, 1.165) is 18.4 Å². The molecule has 6 heteroatoms. The summed E-state index contributed by atoms with van der Waals surface area (Å²) in [6.07, 6.45) is 5.30. The Hall–Kier alpha value is -2.42. The van der Waals surface area contributed by atoms with E-state index in [4.69, 9.17) is 16.3 Å². The summed E-state index contributed by atoms with van der Waals surface area (Å²) in [6.45, 7) is 0. The van der Waals surface area contributed by atoms with Gasteiger partial charge < -0.3 is 10.1 Å². The topological polar surface area (TPSA) is 75.0 Å². The van der Waals surface area contributed by atoms with Crippen LogP contribution in [-0.4, -0.2) is 23.1 Å². The highest BCUT2D eigenvalue weighted by Crippen LogP contribution is 2.49. The first-order chi connectivity index (χ1) is 12.2. The summed E-state index contributed by atoms with van der Waals surface area (Å²) in [7, 11) is 0. The van der Waals surface area contributed by atoms with Gasteiger partial charge >= 0.3 is 0 Å². The fourth-order valence-electron chi connectivity index (χ4n) is 3.95. The number of nitrogens with zero attached hydrogens (tertiary/aromatic N) is 2. The maximum Gasteiger partial charge on any atom is 0.230 e. The van der Waals surface area contributed by atoms with Gasteiger partial charge in [-0.2, -0.15) is 5.26 Å². The minimum absolute atomic E-state index is 0.0135. The Kier molecular flexibility index (Phi) is 4.16. The summed E-state index contributed by atoms with van der Waals surface area (Å²) in [5.41, 5.74) is 1.90. The van der Waals surface area contributed by atoms with E-state index < -0.39 is 0 Å². The molecule has 2 aromatic rings. The number of ether oxygens (including phenoxy) is 1. The zero-order valence-corrected chi connectivity index (χ0v) is 14.1. The van der Waals surface area contributed by atoms with E-state index in [1.807, 2.05) is 12.1 Å². The number of nitrogens with one attached hydrogen (secondary N) is 1. The minimum atomic E-state index is -0.275. The minimum Gasteiger partial charge on any atom is -0.373 e. The van der Waals surface area contributed by atoms with Crippen LogP contribution in [0.4, 0.5) is 5.69 Å². The lowest BCUT2D eigenvalue weighted by molar-refractivity contribution is -0.121. The van der Waals surface area contributed by atoms with Gasteiger partial charge in [0.05, 0.1) is 29.4 Å². The van der Waals surface area contributed by atoms with Crippen LogP contribution in [0.3, 0.4) is 0 Å². The maximum absolute atomic E-state index is 13.0. The van der Waals surface area contributed by atoms with Crippen molar-refractivity contribution >= 4 is 23.2 Å². The largest absolute Gasteiger partial charge is 0.373 e. The number of hydrogen-bond donors (Lipinski definition) is 1. The van der Waals surface area contributed by atoms with Gasteiger partial charge in [-0.3, -0.25) is 9.78 Å². The molecule has 1 amide bonds. The molecule has 1 aromatic carbocycles. The van der Waals surface area contributed by atoms with Crippen LogP contribution in [0.1, 0.15) is 29.9 Å². The summed E-state index contributed by atoms with van der Waals surface area (Å²) in [5, 5.41) is 12.6. The Morgan fingerprint density at radius 1 is 1.24 bits per heavy atom. The Balaban J connectivity index is 1.62.